The van der Waals surface area contributed by atoms with Gasteiger partial charge < -0.3 is 9.73 Å². The highest BCUT2D eigenvalue weighted by molar-refractivity contribution is 5.94. The highest BCUT2D eigenvalue weighted by Gasteiger charge is 2.22. The first kappa shape index (κ1) is 22.2. The molecule has 0 aliphatic carbocycles. The fraction of sp³-hybridized carbons (Fsp3) is 0.111. The Kier molecular flexibility index (Phi) is 5.93. The molecule has 1 N–H and O–H groups in total. The number of hydrogen-bond acceptors (Lipinski definition) is 5. The maximum absolute atomic E-state index is 13.6. The predicted molar refractivity (Wildman–Crippen MR) is 129 cm³/mol. The molecule has 0 saturated heterocycles. The van der Waals surface area contributed by atoms with Crippen LogP contribution in [0.15, 0.2) is 83.3 Å². The van der Waals surface area contributed by atoms with Crippen molar-refractivity contribution in [1.82, 2.24) is 25.3 Å². The van der Waals surface area contributed by atoms with Crippen LogP contribution in [0.3, 0.4) is 0 Å². The summed E-state index contributed by atoms with van der Waals surface area (Å²) in [5.74, 6) is 0.246. The summed E-state index contributed by atoms with van der Waals surface area (Å²) in [5.41, 5.74) is 5.18. The largest absolute Gasteiger partial charge is 0.420 e. The number of benzene rings is 3. The molecule has 0 fully saturated rings. The predicted octanol–water partition coefficient (Wildman–Crippen LogP) is 5.28. The number of carbonyl (C=O) groups excluding carboxylic acids is 1. The van der Waals surface area contributed by atoms with E-state index >= 15 is 0 Å². The van der Waals surface area contributed by atoms with E-state index in [2.05, 4.69) is 15.5 Å². The lowest BCUT2D eigenvalue weighted by atomic mass is 10.1. The molecule has 2 heterocycles. The van der Waals surface area contributed by atoms with Crippen molar-refractivity contribution in [2.75, 3.05) is 0 Å². The minimum Gasteiger partial charge on any atom is -0.420 e. The third-order valence-electron chi connectivity index (χ3n) is 5.64. The maximum Gasteiger partial charge on any atom is 0.268 e. The molecule has 0 radical (unpaired) electrons. The first-order valence-electron chi connectivity index (χ1n) is 11.1. The molecule has 35 heavy (non-hydrogen) atoms. The smallest absolute Gasteiger partial charge is 0.268 e. The van der Waals surface area contributed by atoms with Crippen LogP contribution >= 0.6 is 0 Å². The molecule has 0 aliphatic heterocycles. The Bertz CT molecular complexity index is 1470. The maximum atomic E-state index is 13.6. The van der Waals surface area contributed by atoms with E-state index in [9.17, 15) is 9.18 Å². The summed E-state index contributed by atoms with van der Waals surface area (Å²) in [4.78, 5) is 12.6. The Hall–Kier alpha value is -4.59. The number of halogens is 1. The Morgan fingerprint density at radius 2 is 1.66 bits per heavy atom. The van der Waals surface area contributed by atoms with E-state index < -0.39 is 0 Å². The molecule has 0 aliphatic rings. The summed E-state index contributed by atoms with van der Waals surface area (Å²) in [6.07, 6.45) is 0. The number of hydrogen-bond donors (Lipinski definition) is 1. The number of aromatic nitrogens is 4. The lowest BCUT2D eigenvalue weighted by Gasteiger charge is -2.10. The molecule has 3 aromatic carbocycles. The molecule has 2 aromatic heterocycles. The van der Waals surface area contributed by atoms with Crippen LogP contribution in [-0.2, 0) is 6.54 Å². The van der Waals surface area contributed by atoms with Gasteiger partial charge >= 0.3 is 0 Å². The van der Waals surface area contributed by atoms with Crippen LogP contribution in [-0.4, -0.2) is 25.9 Å². The van der Waals surface area contributed by atoms with Gasteiger partial charge in [-0.3, -0.25) is 4.79 Å². The van der Waals surface area contributed by atoms with Crippen molar-refractivity contribution in [2.45, 2.75) is 20.4 Å². The van der Waals surface area contributed by atoms with Crippen LogP contribution in [0.25, 0.3) is 28.5 Å². The molecule has 0 saturated carbocycles. The van der Waals surface area contributed by atoms with Gasteiger partial charge in [0.2, 0.25) is 5.89 Å². The van der Waals surface area contributed by atoms with Crippen LogP contribution in [0, 0.1) is 19.7 Å². The van der Waals surface area contributed by atoms with Crippen LogP contribution in [0.2, 0.25) is 0 Å². The Morgan fingerprint density at radius 3 is 2.31 bits per heavy atom. The highest BCUT2D eigenvalue weighted by atomic mass is 19.1. The molecule has 0 unspecified atom stereocenters. The fourth-order valence-electron chi connectivity index (χ4n) is 3.86. The Balaban J connectivity index is 1.48. The molecule has 0 atom stereocenters. The van der Waals surface area contributed by atoms with Crippen molar-refractivity contribution in [2.24, 2.45) is 0 Å². The molecule has 5 rings (SSSR count). The van der Waals surface area contributed by atoms with Gasteiger partial charge in [-0.05, 0) is 61.0 Å². The minimum atomic E-state index is -0.323. The van der Waals surface area contributed by atoms with E-state index in [0.29, 0.717) is 29.6 Å². The van der Waals surface area contributed by atoms with Crippen LogP contribution in [0.4, 0.5) is 4.39 Å². The Labute approximate surface area is 201 Å². The summed E-state index contributed by atoms with van der Waals surface area (Å²) in [6.45, 7) is 4.06. The SMILES string of the molecule is Cc1nnc(-c2nn(-c3ccc(C(=O)NCc4ccccc4)cc3)c(-c3ccc(F)cc3)c2C)o1. The number of amides is 1. The standard InChI is InChI=1S/C27H22FN5O2/c1-17-24(27-31-30-18(2)35-27)32-33(25(17)20-8-12-22(28)13-9-20)23-14-10-21(11-15-23)26(34)29-16-19-6-4-3-5-7-19/h3-15H,16H2,1-2H3,(H,29,34). The fourth-order valence-corrected chi connectivity index (χ4v) is 3.86. The molecular formula is C27H22FN5O2. The monoisotopic (exact) mass is 467 g/mol. The third-order valence-corrected chi connectivity index (χ3v) is 5.64. The second-order valence-corrected chi connectivity index (χ2v) is 8.08. The van der Waals surface area contributed by atoms with Gasteiger partial charge in [0.05, 0.1) is 11.4 Å². The van der Waals surface area contributed by atoms with Gasteiger partial charge in [0.25, 0.3) is 11.8 Å². The zero-order valence-corrected chi connectivity index (χ0v) is 19.2. The average Bonchev–Trinajstić information content (AvgIpc) is 3.46. The number of nitrogens with zero attached hydrogens (tertiary/aromatic N) is 4. The van der Waals surface area contributed by atoms with Gasteiger partial charge in [-0.2, -0.15) is 5.10 Å². The zero-order valence-electron chi connectivity index (χ0n) is 19.2. The molecular weight excluding hydrogens is 445 g/mol. The number of rotatable bonds is 6. The average molecular weight is 468 g/mol. The molecule has 8 heteroatoms. The summed E-state index contributed by atoms with van der Waals surface area (Å²) in [7, 11) is 0. The third kappa shape index (κ3) is 4.59. The quantitative estimate of drug-likeness (QED) is 0.367. The number of carbonyl (C=O) groups is 1. The van der Waals surface area contributed by atoms with E-state index in [-0.39, 0.29) is 11.7 Å². The van der Waals surface area contributed by atoms with Crippen molar-refractivity contribution < 1.29 is 13.6 Å². The second kappa shape index (κ2) is 9.34. The van der Waals surface area contributed by atoms with E-state index in [1.165, 1.54) is 12.1 Å². The second-order valence-electron chi connectivity index (χ2n) is 8.08. The topological polar surface area (TPSA) is 85.8 Å². The van der Waals surface area contributed by atoms with Crippen molar-refractivity contribution >= 4 is 5.91 Å². The minimum absolute atomic E-state index is 0.169. The summed E-state index contributed by atoms with van der Waals surface area (Å²) >= 11 is 0. The molecule has 1 amide bonds. The lowest BCUT2D eigenvalue weighted by Crippen LogP contribution is -2.22. The first-order valence-corrected chi connectivity index (χ1v) is 11.1. The lowest BCUT2D eigenvalue weighted by molar-refractivity contribution is 0.0951. The van der Waals surface area contributed by atoms with Gasteiger partial charge in [0.1, 0.15) is 5.82 Å². The van der Waals surface area contributed by atoms with Gasteiger partial charge in [-0.15, -0.1) is 10.2 Å². The van der Waals surface area contributed by atoms with Gasteiger partial charge in [-0.25, -0.2) is 9.07 Å². The zero-order chi connectivity index (χ0) is 24.4. The van der Waals surface area contributed by atoms with E-state index in [0.717, 1.165) is 28.1 Å². The molecule has 174 valence electrons. The first-order chi connectivity index (χ1) is 17.0. The van der Waals surface area contributed by atoms with Gasteiger partial charge in [0.15, 0.2) is 5.69 Å². The summed E-state index contributed by atoms with van der Waals surface area (Å²) in [5, 5.41) is 15.7. The van der Waals surface area contributed by atoms with Crippen molar-refractivity contribution in [3.63, 3.8) is 0 Å². The molecule has 0 bridgehead atoms. The number of nitrogens with one attached hydrogen (secondary N) is 1. The Morgan fingerprint density at radius 1 is 0.943 bits per heavy atom. The molecule has 0 spiro atoms. The van der Waals surface area contributed by atoms with E-state index in [1.807, 2.05) is 49.4 Å². The van der Waals surface area contributed by atoms with Crippen LogP contribution < -0.4 is 5.32 Å². The van der Waals surface area contributed by atoms with Crippen molar-refractivity contribution in [1.29, 1.82) is 0 Å². The van der Waals surface area contributed by atoms with Crippen LogP contribution in [0.1, 0.15) is 27.4 Å². The molecule has 7 nitrogen and oxygen atoms in total. The van der Waals surface area contributed by atoms with Crippen LogP contribution in [0.5, 0.6) is 0 Å². The summed E-state index contributed by atoms with van der Waals surface area (Å²) in [6, 6.07) is 23.1. The summed E-state index contributed by atoms with van der Waals surface area (Å²) < 4.78 is 20.9. The van der Waals surface area contributed by atoms with E-state index in [1.54, 1.807) is 35.9 Å². The number of aryl methyl sites for hydroxylation is 1. The normalized spacial score (nSPS) is 10.9. The van der Waals surface area contributed by atoms with E-state index in [4.69, 9.17) is 9.52 Å². The van der Waals surface area contributed by atoms with Gasteiger partial charge in [0, 0.05) is 30.2 Å². The van der Waals surface area contributed by atoms with Crippen molar-refractivity contribution in [3.05, 3.63) is 107 Å². The molecule has 5 aromatic rings. The highest BCUT2D eigenvalue weighted by Crippen LogP contribution is 2.33. The van der Waals surface area contributed by atoms with Crippen molar-refractivity contribution in [3.8, 4) is 28.5 Å². The van der Waals surface area contributed by atoms with Gasteiger partial charge in [-0.1, -0.05) is 30.3 Å².